The number of nitrogens with two attached hydrogens (primary N) is 1. The molecule has 0 bridgehead atoms. The minimum Gasteiger partial charge on any atom is -0.366 e. The number of ketones is 1. The molecular formula is C21H21ClN2O2. The van der Waals surface area contributed by atoms with Crippen LogP contribution in [0.15, 0.2) is 42.6 Å². The number of halogens is 1. The lowest BCUT2D eigenvalue weighted by Gasteiger charge is -2.08. The number of Topliss-reactive ketones (excluding diaryl/α,β-unsaturated/α-hetero) is 1. The van der Waals surface area contributed by atoms with E-state index in [-0.39, 0.29) is 11.7 Å². The molecule has 134 valence electrons. The molecule has 2 heterocycles. The molecule has 0 aliphatic carbocycles. The fraction of sp³-hybridized carbons (Fsp3) is 0.238. The van der Waals surface area contributed by atoms with Crippen LogP contribution in [-0.4, -0.2) is 16.1 Å². The van der Waals surface area contributed by atoms with Gasteiger partial charge in [0.1, 0.15) is 0 Å². The maximum atomic E-state index is 12.8. The van der Waals surface area contributed by atoms with Gasteiger partial charge in [0.25, 0.3) is 0 Å². The van der Waals surface area contributed by atoms with Gasteiger partial charge in [-0.3, -0.25) is 9.59 Å². The van der Waals surface area contributed by atoms with Crippen LogP contribution in [0.25, 0.3) is 5.52 Å². The van der Waals surface area contributed by atoms with Gasteiger partial charge in [0, 0.05) is 34.8 Å². The predicted octanol–water partition coefficient (Wildman–Crippen LogP) is 4.43. The van der Waals surface area contributed by atoms with E-state index in [9.17, 15) is 9.59 Å². The van der Waals surface area contributed by atoms with Crippen LogP contribution < -0.4 is 5.73 Å². The molecule has 4 nitrogen and oxygen atoms in total. The van der Waals surface area contributed by atoms with Crippen molar-refractivity contribution < 1.29 is 9.59 Å². The number of fused-ring (bicyclic) bond motifs is 1. The number of rotatable bonds is 5. The highest BCUT2D eigenvalue weighted by Gasteiger charge is 2.23. The van der Waals surface area contributed by atoms with Crippen LogP contribution in [0, 0.1) is 12.8 Å². The number of primary amides is 1. The Labute approximate surface area is 157 Å². The lowest BCUT2D eigenvalue weighted by atomic mass is 9.97. The summed E-state index contributed by atoms with van der Waals surface area (Å²) in [6.45, 7) is 5.71. The second kappa shape index (κ2) is 6.96. The van der Waals surface area contributed by atoms with E-state index in [4.69, 9.17) is 17.3 Å². The number of amides is 1. The Morgan fingerprint density at radius 3 is 2.46 bits per heavy atom. The van der Waals surface area contributed by atoms with Crippen LogP contribution in [0.1, 0.15) is 51.4 Å². The molecule has 26 heavy (non-hydrogen) atoms. The van der Waals surface area contributed by atoms with E-state index in [1.165, 1.54) is 0 Å². The van der Waals surface area contributed by atoms with Crippen molar-refractivity contribution in [2.75, 3.05) is 0 Å². The molecule has 2 aromatic heterocycles. The summed E-state index contributed by atoms with van der Waals surface area (Å²) in [4.78, 5) is 24.4. The van der Waals surface area contributed by atoms with E-state index in [1.807, 2.05) is 49.4 Å². The largest absolute Gasteiger partial charge is 0.366 e. The highest BCUT2D eigenvalue weighted by atomic mass is 35.5. The Bertz CT molecular complexity index is 1020. The molecule has 0 aliphatic heterocycles. The van der Waals surface area contributed by atoms with Gasteiger partial charge in [-0.25, -0.2) is 0 Å². The monoisotopic (exact) mass is 368 g/mol. The predicted molar refractivity (Wildman–Crippen MR) is 104 cm³/mol. The topological polar surface area (TPSA) is 64.6 Å². The van der Waals surface area contributed by atoms with E-state index >= 15 is 0 Å². The average Bonchev–Trinajstić information content (AvgIpc) is 2.87. The third-order valence-electron chi connectivity index (χ3n) is 4.67. The number of pyridine rings is 1. The number of nitrogens with zero attached hydrogens (tertiary/aromatic N) is 1. The molecule has 1 aromatic carbocycles. The Morgan fingerprint density at radius 2 is 1.85 bits per heavy atom. The van der Waals surface area contributed by atoms with Crippen molar-refractivity contribution in [2.24, 2.45) is 11.7 Å². The third-order valence-corrected chi connectivity index (χ3v) is 5.04. The summed E-state index contributed by atoms with van der Waals surface area (Å²) in [5.41, 5.74) is 10.1. The average molecular weight is 369 g/mol. The van der Waals surface area contributed by atoms with Gasteiger partial charge in [0.2, 0.25) is 5.91 Å². The van der Waals surface area contributed by atoms with Crippen molar-refractivity contribution in [3.05, 3.63) is 75.6 Å². The van der Waals surface area contributed by atoms with Crippen molar-refractivity contribution in [1.29, 1.82) is 0 Å². The zero-order valence-electron chi connectivity index (χ0n) is 15.0. The molecule has 1 amide bonds. The molecule has 2 N–H and O–H groups in total. The Kier molecular flexibility index (Phi) is 4.88. The smallest absolute Gasteiger partial charge is 0.250 e. The summed E-state index contributed by atoms with van der Waals surface area (Å²) in [6.07, 6.45) is 2.26. The molecule has 0 unspecified atom stereocenters. The molecule has 3 rings (SSSR count). The first kappa shape index (κ1) is 18.2. The SMILES string of the molecule is Cc1c(C(=O)C(C)C)c2ccc(C(N)=O)cn2c1Cc1ccccc1Cl. The second-order valence-electron chi connectivity index (χ2n) is 6.77. The Morgan fingerprint density at radius 1 is 1.15 bits per heavy atom. The lowest BCUT2D eigenvalue weighted by Crippen LogP contribution is -2.12. The van der Waals surface area contributed by atoms with E-state index < -0.39 is 5.91 Å². The number of carbonyl (C=O) groups excluding carboxylic acids is 2. The van der Waals surface area contributed by atoms with Crippen molar-refractivity contribution in [3.8, 4) is 0 Å². The van der Waals surface area contributed by atoms with Crippen LogP contribution in [0.5, 0.6) is 0 Å². The molecule has 0 radical (unpaired) electrons. The molecule has 0 atom stereocenters. The number of benzene rings is 1. The zero-order valence-corrected chi connectivity index (χ0v) is 15.8. The molecule has 0 saturated heterocycles. The third kappa shape index (κ3) is 3.13. The van der Waals surface area contributed by atoms with Crippen molar-refractivity contribution in [1.82, 2.24) is 4.40 Å². The summed E-state index contributed by atoms with van der Waals surface area (Å²) in [5, 5.41) is 0.671. The van der Waals surface area contributed by atoms with E-state index in [0.717, 1.165) is 22.3 Å². The molecule has 5 heteroatoms. The van der Waals surface area contributed by atoms with E-state index in [2.05, 4.69) is 0 Å². The van der Waals surface area contributed by atoms with Gasteiger partial charge in [-0.2, -0.15) is 0 Å². The quantitative estimate of drug-likeness (QED) is 0.677. The first-order valence-corrected chi connectivity index (χ1v) is 8.90. The number of hydrogen-bond donors (Lipinski definition) is 1. The highest BCUT2D eigenvalue weighted by molar-refractivity contribution is 6.31. The number of carbonyl (C=O) groups is 2. The van der Waals surface area contributed by atoms with Crippen molar-refractivity contribution in [3.63, 3.8) is 0 Å². The summed E-state index contributed by atoms with van der Waals surface area (Å²) >= 11 is 6.33. The molecule has 3 aromatic rings. The van der Waals surface area contributed by atoms with Gasteiger partial charge in [-0.15, -0.1) is 0 Å². The molecule has 0 aliphatic rings. The molecular weight excluding hydrogens is 348 g/mol. The summed E-state index contributed by atoms with van der Waals surface area (Å²) in [6, 6.07) is 11.1. The summed E-state index contributed by atoms with van der Waals surface area (Å²) < 4.78 is 1.90. The van der Waals surface area contributed by atoms with Crippen LogP contribution in [0.2, 0.25) is 5.02 Å². The van der Waals surface area contributed by atoms with Crippen LogP contribution in [-0.2, 0) is 6.42 Å². The molecule has 0 fully saturated rings. The normalized spacial score (nSPS) is 11.3. The molecule has 0 spiro atoms. The minimum absolute atomic E-state index is 0.0808. The Hall–Kier alpha value is -2.59. The fourth-order valence-electron chi connectivity index (χ4n) is 3.23. The highest BCUT2D eigenvalue weighted by Crippen LogP contribution is 2.29. The zero-order chi connectivity index (χ0) is 19.0. The van der Waals surface area contributed by atoms with Crippen molar-refractivity contribution >= 4 is 28.8 Å². The minimum atomic E-state index is -0.501. The number of aromatic nitrogens is 1. The lowest BCUT2D eigenvalue weighted by molar-refractivity contribution is 0.0939. The standard InChI is InChI=1S/C21H21ClN2O2/c1-12(2)20(25)19-13(3)18(10-14-6-4-5-7-16(14)22)24-11-15(21(23)26)8-9-17(19)24/h4-9,11-12H,10H2,1-3H3,(H2,23,26). The van der Waals surface area contributed by atoms with E-state index in [0.29, 0.717) is 22.6 Å². The van der Waals surface area contributed by atoms with Crippen LogP contribution in [0.3, 0.4) is 0 Å². The van der Waals surface area contributed by atoms with Crippen molar-refractivity contribution in [2.45, 2.75) is 27.2 Å². The van der Waals surface area contributed by atoms with Gasteiger partial charge in [-0.05, 0) is 36.2 Å². The van der Waals surface area contributed by atoms with Gasteiger partial charge in [0.05, 0.1) is 11.1 Å². The maximum Gasteiger partial charge on any atom is 0.250 e. The van der Waals surface area contributed by atoms with Gasteiger partial charge < -0.3 is 10.1 Å². The second-order valence-corrected chi connectivity index (χ2v) is 7.18. The summed E-state index contributed by atoms with van der Waals surface area (Å²) in [7, 11) is 0. The van der Waals surface area contributed by atoms with Gasteiger partial charge >= 0.3 is 0 Å². The first-order chi connectivity index (χ1) is 12.3. The summed E-state index contributed by atoms with van der Waals surface area (Å²) in [5.74, 6) is -0.542. The van der Waals surface area contributed by atoms with Crippen LogP contribution >= 0.6 is 11.6 Å². The van der Waals surface area contributed by atoms with Crippen LogP contribution in [0.4, 0.5) is 0 Å². The van der Waals surface area contributed by atoms with E-state index in [1.54, 1.807) is 18.3 Å². The first-order valence-electron chi connectivity index (χ1n) is 8.52. The van der Waals surface area contributed by atoms with Gasteiger partial charge in [-0.1, -0.05) is 43.6 Å². The fourth-order valence-corrected chi connectivity index (χ4v) is 3.43. The maximum absolute atomic E-state index is 12.8. The molecule has 0 saturated carbocycles. The van der Waals surface area contributed by atoms with Gasteiger partial charge in [0.15, 0.2) is 5.78 Å². The number of hydrogen-bond acceptors (Lipinski definition) is 2. The Balaban J connectivity index is 2.27.